The largest absolute Gasteiger partial charge is 0.384 e. The van der Waals surface area contributed by atoms with Gasteiger partial charge in [0, 0.05) is 38.1 Å². The van der Waals surface area contributed by atoms with Crippen molar-refractivity contribution in [1.29, 1.82) is 0 Å². The first-order valence-corrected chi connectivity index (χ1v) is 10.2. The Morgan fingerprint density at radius 2 is 1.97 bits per heavy atom. The van der Waals surface area contributed by atoms with Gasteiger partial charge in [-0.1, -0.05) is 12.2 Å². The Hall–Kier alpha value is -2.63. The van der Waals surface area contributed by atoms with Gasteiger partial charge in [0.05, 0.1) is 23.1 Å². The van der Waals surface area contributed by atoms with E-state index < -0.39 is 17.6 Å². The van der Waals surface area contributed by atoms with Gasteiger partial charge in [-0.3, -0.25) is 4.79 Å². The molecule has 6 heteroatoms. The molecule has 1 aliphatic rings. The fourth-order valence-corrected chi connectivity index (χ4v) is 3.32. The molecule has 1 aromatic rings. The van der Waals surface area contributed by atoms with Crippen LogP contribution in [-0.4, -0.2) is 35.0 Å². The third kappa shape index (κ3) is 7.04. The number of rotatable bonds is 10. The van der Waals surface area contributed by atoms with Crippen molar-refractivity contribution in [2.45, 2.75) is 40.0 Å². The maximum absolute atomic E-state index is 13.6. The number of nitrogens with zero attached hydrogens (tertiary/aromatic N) is 2. The van der Waals surface area contributed by atoms with Gasteiger partial charge in [-0.15, -0.1) is 0 Å². The minimum absolute atomic E-state index is 0.155. The van der Waals surface area contributed by atoms with E-state index in [0.29, 0.717) is 13.1 Å². The highest BCUT2D eigenvalue weighted by Crippen LogP contribution is 2.21. The Labute approximate surface area is 172 Å². The van der Waals surface area contributed by atoms with Crippen LogP contribution in [0.5, 0.6) is 0 Å². The molecule has 2 rings (SSSR count). The maximum atomic E-state index is 13.6. The Morgan fingerprint density at radius 1 is 1.28 bits per heavy atom. The summed E-state index contributed by atoms with van der Waals surface area (Å²) >= 11 is 0. The van der Waals surface area contributed by atoms with Gasteiger partial charge < -0.3 is 14.8 Å². The predicted molar refractivity (Wildman–Crippen MR) is 114 cm³/mol. The number of carbonyl (C=O) groups is 1. The molecule has 0 radical (unpaired) electrons. The van der Waals surface area contributed by atoms with E-state index in [0.717, 1.165) is 49.4 Å². The fourth-order valence-electron chi connectivity index (χ4n) is 3.32. The van der Waals surface area contributed by atoms with E-state index in [4.69, 9.17) is 0 Å². The summed E-state index contributed by atoms with van der Waals surface area (Å²) in [6.45, 7) is 6.57. The Morgan fingerprint density at radius 3 is 2.62 bits per heavy atom. The molecule has 1 amide bonds. The first kappa shape index (κ1) is 22.7. The van der Waals surface area contributed by atoms with Crippen molar-refractivity contribution in [1.82, 2.24) is 14.8 Å². The maximum Gasteiger partial charge on any atom is 0.229 e. The molecule has 0 spiro atoms. The molecule has 158 valence electrons. The minimum Gasteiger partial charge on any atom is -0.384 e. The van der Waals surface area contributed by atoms with Crippen molar-refractivity contribution in [3.8, 4) is 0 Å². The molecule has 0 bridgehead atoms. The number of carbonyl (C=O) groups excluding carboxylic acids is 1. The molecule has 29 heavy (non-hydrogen) atoms. The second kappa shape index (κ2) is 11.4. The van der Waals surface area contributed by atoms with Gasteiger partial charge in [0.25, 0.3) is 0 Å². The van der Waals surface area contributed by atoms with Crippen LogP contribution in [0.15, 0.2) is 66.2 Å². The first-order valence-electron chi connectivity index (χ1n) is 10.2. The van der Waals surface area contributed by atoms with Gasteiger partial charge in [0.2, 0.25) is 5.91 Å². The summed E-state index contributed by atoms with van der Waals surface area (Å²) in [6, 6.07) is 4.00. The lowest BCUT2D eigenvalue weighted by atomic mass is 10.1. The molecule has 0 saturated heterocycles. The van der Waals surface area contributed by atoms with Gasteiger partial charge in [0.15, 0.2) is 0 Å². The summed E-state index contributed by atoms with van der Waals surface area (Å²) < 4.78 is 28.5. The van der Waals surface area contributed by atoms with E-state index in [9.17, 15) is 13.6 Å². The molecule has 1 heterocycles. The zero-order valence-corrected chi connectivity index (χ0v) is 17.5. The van der Waals surface area contributed by atoms with Crippen molar-refractivity contribution in [2.75, 3.05) is 19.6 Å². The van der Waals surface area contributed by atoms with Crippen LogP contribution in [0.25, 0.3) is 5.70 Å². The molecule has 4 nitrogen and oxygen atoms in total. The van der Waals surface area contributed by atoms with Crippen molar-refractivity contribution in [3.05, 3.63) is 66.2 Å². The van der Waals surface area contributed by atoms with Gasteiger partial charge in [-0.05, 0) is 58.2 Å². The van der Waals surface area contributed by atoms with Crippen molar-refractivity contribution >= 4 is 11.6 Å². The van der Waals surface area contributed by atoms with E-state index >= 15 is 0 Å². The van der Waals surface area contributed by atoms with Crippen LogP contribution in [-0.2, 0) is 4.79 Å². The quantitative estimate of drug-likeness (QED) is 0.431. The summed E-state index contributed by atoms with van der Waals surface area (Å²) in [4.78, 5) is 14.3. The third-order valence-corrected chi connectivity index (χ3v) is 4.76. The van der Waals surface area contributed by atoms with Gasteiger partial charge in [0.1, 0.15) is 5.83 Å². The number of nitrogens with one attached hydrogen (secondary N) is 1. The lowest BCUT2D eigenvalue weighted by Crippen LogP contribution is -2.36. The smallest absolute Gasteiger partial charge is 0.229 e. The van der Waals surface area contributed by atoms with E-state index in [1.807, 2.05) is 31.5 Å². The van der Waals surface area contributed by atoms with Crippen LogP contribution in [0.1, 0.15) is 40.0 Å². The van der Waals surface area contributed by atoms with E-state index in [1.54, 1.807) is 11.8 Å². The van der Waals surface area contributed by atoms with Crippen LogP contribution < -0.4 is 5.32 Å². The Balaban J connectivity index is 1.85. The van der Waals surface area contributed by atoms with Crippen molar-refractivity contribution < 1.29 is 13.6 Å². The minimum atomic E-state index is -0.725. The van der Waals surface area contributed by atoms with Crippen molar-refractivity contribution in [2.24, 2.45) is 5.92 Å². The zero-order valence-electron chi connectivity index (χ0n) is 17.5. The summed E-state index contributed by atoms with van der Waals surface area (Å²) in [6.07, 6.45) is 13.2. The highest BCUT2D eigenvalue weighted by Gasteiger charge is 2.18. The van der Waals surface area contributed by atoms with E-state index in [-0.39, 0.29) is 5.91 Å². The standard InChI is InChI=1S/C23H31F2N3O/c1-4-27(23(29)18(2)16-20(25)17-19(3)24)15-9-12-26-21-10-5-6-11-22(21)28-13-7-8-14-28/h7-8,10-11,13-14,16-18,26H,4-6,9,12,15H2,1-3H3/b19-17+,20-16+. The first-order chi connectivity index (χ1) is 13.9. The van der Waals surface area contributed by atoms with E-state index in [1.165, 1.54) is 6.92 Å². The van der Waals surface area contributed by atoms with Gasteiger partial charge in [-0.2, -0.15) is 0 Å². The van der Waals surface area contributed by atoms with Gasteiger partial charge >= 0.3 is 0 Å². The Kier molecular flexibility index (Phi) is 8.90. The number of hydrogen-bond donors (Lipinski definition) is 1. The second-order valence-electron chi connectivity index (χ2n) is 7.14. The molecule has 1 aliphatic carbocycles. The van der Waals surface area contributed by atoms with Crippen LogP contribution in [0.2, 0.25) is 0 Å². The van der Waals surface area contributed by atoms with Crippen LogP contribution in [0.3, 0.4) is 0 Å². The molecule has 1 unspecified atom stereocenters. The number of aromatic nitrogens is 1. The average molecular weight is 404 g/mol. The second-order valence-corrected chi connectivity index (χ2v) is 7.14. The lowest BCUT2D eigenvalue weighted by Gasteiger charge is -2.24. The number of allylic oxidation sites excluding steroid dienone is 6. The molecule has 1 atom stereocenters. The monoisotopic (exact) mass is 403 g/mol. The summed E-state index contributed by atoms with van der Waals surface area (Å²) in [7, 11) is 0. The molecule has 0 fully saturated rings. The fraction of sp³-hybridized carbons (Fsp3) is 0.435. The summed E-state index contributed by atoms with van der Waals surface area (Å²) in [5.74, 6) is -2.14. The lowest BCUT2D eigenvalue weighted by molar-refractivity contribution is -0.133. The van der Waals surface area contributed by atoms with Crippen LogP contribution >= 0.6 is 0 Å². The zero-order chi connectivity index (χ0) is 21.2. The summed E-state index contributed by atoms with van der Waals surface area (Å²) in [5.41, 5.74) is 2.25. The number of halogens is 2. The number of amides is 1. The third-order valence-electron chi connectivity index (χ3n) is 4.76. The molecular formula is C23H31F2N3O. The molecule has 0 aliphatic heterocycles. The normalized spacial score (nSPS) is 16.2. The molecule has 1 aromatic heterocycles. The van der Waals surface area contributed by atoms with E-state index in [2.05, 4.69) is 22.0 Å². The molecule has 1 N–H and O–H groups in total. The highest BCUT2D eigenvalue weighted by atomic mass is 19.1. The molecule has 0 saturated carbocycles. The highest BCUT2D eigenvalue weighted by molar-refractivity contribution is 5.80. The SMILES string of the molecule is CCN(CCCNC1=CCCC=C1n1cccc1)C(=O)C(C)/C=C(F)\C=C(/C)F. The summed E-state index contributed by atoms with van der Waals surface area (Å²) in [5, 5.41) is 3.47. The predicted octanol–water partition coefficient (Wildman–Crippen LogP) is 5.20. The topological polar surface area (TPSA) is 37.3 Å². The molecular weight excluding hydrogens is 372 g/mol. The van der Waals surface area contributed by atoms with Crippen LogP contribution in [0, 0.1) is 5.92 Å². The Bertz CT molecular complexity index is 787. The average Bonchev–Trinajstić information content (AvgIpc) is 3.21. The van der Waals surface area contributed by atoms with Crippen LogP contribution in [0.4, 0.5) is 8.78 Å². The van der Waals surface area contributed by atoms with Gasteiger partial charge in [-0.25, -0.2) is 8.78 Å². The molecule has 0 aromatic carbocycles. The van der Waals surface area contributed by atoms with Crippen molar-refractivity contribution in [3.63, 3.8) is 0 Å². The number of hydrogen-bond acceptors (Lipinski definition) is 2.